The fraction of sp³-hybridized carbons (Fsp3) is 0.0400. The molecular formula is C25H20N4O. The van der Waals surface area contributed by atoms with Crippen LogP contribution in [0.1, 0.15) is 11.1 Å². The molecule has 2 aromatic heterocycles. The van der Waals surface area contributed by atoms with Crippen molar-refractivity contribution in [2.24, 2.45) is 0 Å². The van der Waals surface area contributed by atoms with Gasteiger partial charge in [0.2, 0.25) is 0 Å². The zero-order valence-electron chi connectivity index (χ0n) is 16.5. The van der Waals surface area contributed by atoms with Crippen molar-refractivity contribution in [2.45, 2.75) is 0 Å². The first-order valence-corrected chi connectivity index (χ1v) is 9.71. The van der Waals surface area contributed by atoms with Crippen LogP contribution in [0.2, 0.25) is 0 Å². The number of imidazole rings is 2. The van der Waals surface area contributed by atoms with Gasteiger partial charge in [-0.2, -0.15) is 0 Å². The quantitative estimate of drug-likeness (QED) is 0.372. The van der Waals surface area contributed by atoms with Crippen molar-refractivity contribution in [2.75, 3.05) is 7.11 Å². The molecule has 0 atom stereocenters. The molecule has 5 aromatic rings. The monoisotopic (exact) mass is 392 g/mol. The fourth-order valence-corrected chi connectivity index (χ4v) is 3.49. The van der Waals surface area contributed by atoms with Crippen LogP contribution in [0, 0.1) is 0 Å². The van der Waals surface area contributed by atoms with Gasteiger partial charge in [0.25, 0.3) is 0 Å². The lowest BCUT2D eigenvalue weighted by atomic mass is 10.1. The van der Waals surface area contributed by atoms with E-state index in [1.54, 1.807) is 19.5 Å². The van der Waals surface area contributed by atoms with Gasteiger partial charge >= 0.3 is 0 Å². The Morgan fingerprint density at radius 3 is 2.53 bits per heavy atom. The minimum absolute atomic E-state index is 0.781. The molecule has 5 heteroatoms. The second kappa shape index (κ2) is 7.72. The van der Waals surface area contributed by atoms with Gasteiger partial charge in [0, 0.05) is 18.0 Å². The Bertz CT molecular complexity index is 1300. The molecule has 30 heavy (non-hydrogen) atoms. The van der Waals surface area contributed by atoms with Gasteiger partial charge in [-0.1, -0.05) is 48.6 Å². The molecule has 0 fully saturated rings. The van der Waals surface area contributed by atoms with E-state index in [4.69, 9.17) is 9.72 Å². The Labute approximate surface area is 174 Å². The van der Waals surface area contributed by atoms with Gasteiger partial charge in [-0.05, 0) is 41.5 Å². The van der Waals surface area contributed by atoms with E-state index in [1.165, 1.54) is 0 Å². The van der Waals surface area contributed by atoms with Crippen LogP contribution in [-0.4, -0.2) is 27.0 Å². The smallest absolute Gasteiger partial charge is 0.141 e. The molecule has 0 amide bonds. The fourth-order valence-electron chi connectivity index (χ4n) is 3.49. The minimum atomic E-state index is 0.781. The van der Waals surface area contributed by atoms with Crippen LogP contribution in [0.25, 0.3) is 46.0 Å². The van der Waals surface area contributed by atoms with Crippen LogP contribution < -0.4 is 4.74 Å². The first-order chi connectivity index (χ1) is 14.8. The molecule has 146 valence electrons. The number of fused-ring (bicyclic) bond motifs is 1. The molecule has 2 N–H and O–H groups in total. The lowest BCUT2D eigenvalue weighted by molar-refractivity contribution is 0.416. The van der Waals surface area contributed by atoms with Gasteiger partial charge in [-0.25, -0.2) is 9.97 Å². The van der Waals surface area contributed by atoms with Gasteiger partial charge in [0.15, 0.2) is 0 Å². The Hall–Kier alpha value is -4.12. The summed E-state index contributed by atoms with van der Waals surface area (Å²) in [5.74, 6) is 2.44. The zero-order valence-corrected chi connectivity index (χ0v) is 16.5. The van der Waals surface area contributed by atoms with E-state index < -0.39 is 0 Å². The molecule has 0 spiro atoms. The molecule has 0 saturated heterocycles. The van der Waals surface area contributed by atoms with Gasteiger partial charge < -0.3 is 14.7 Å². The first kappa shape index (κ1) is 17.9. The predicted molar refractivity (Wildman–Crippen MR) is 121 cm³/mol. The summed E-state index contributed by atoms with van der Waals surface area (Å²) < 4.78 is 5.56. The largest absolute Gasteiger partial charge is 0.496 e. The molecule has 0 saturated carbocycles. The number of H-pyrrole nitrogens is 2. The normalized spacial score (nSPS) is 11.4. The van der Waals surface area contributed by atoms with Gasteiger partial charge in [0.1, 0.15) is 17.4 Å². The highest BCUT2D eigenvalue weighted by atomic mass is 16.5. The third-order valence-corrected chi connectivity index (χ3v) is 5.00. The van der Waals surface area contributed by atoms with Crippen molar-refractivity contribution in [1.82, 2.24) is 19.9 Å². The minimum Gasteiger partial charge on any atom is -0.496 e. The number of hydrogen-bond donors (Lipinski definition) is 2. The summed E-state index contributed by atoms with van der Waals surface area (Å²) in [4.78, 5) is 15.5. The van der Waals surface area contributed by atoms with E-state index in [1.807, 2.05) is 42.5 Å². The number of nitrogens with one attached hydrogen (secondary N) is 2. The molecule has 3 aromatic carbocycles. The number of ether oxygens (including phenoxy) is 1. The molecule has 5 nitrogen and oxygen atoms in total. The second-order valence-electron chi connectivity index (χ2n) is 6.96. The van der Waals surface area contributed by atoms with E-state index in [0.29, 0.717) is 0 Å². The number of nitrogens with zero attached hydrogens (tertiary/aromatic N) is 2. The van der Waals surface area contributed by atoms with Crippen molar-refractivity contribution in [3.8, 4) is 28.5 Å². The Kier molecular flexibility index (Phi) is 4.62. The van der Waals surface area contributed by atoms with Crippen LogP contribution in [0.15, 0.2) is 79.1 Å². The van der Waals surface area contributed by atoms with Crippen LogP contribution in [0.5, 0.6) is 5.75 Å². The lowest BCUT2D eigenvalue weighted by Gasteiger charge is -2.07. The maximum Gasteiger partial charge on any atom is 0.141 e. The standard InChI is InChI=1S/C25H20N4O/c1-30-23-16-18(11-12-20(23)25-26-13-14-27-25)10-9-17-5-4-6-19(15-17)24-28-21-7-2-3-8-22(21)29-24/h2-16H,1H3,(H,26,27)(H,28,29)/b10-9+. The van der Waals surface area contributed by atoms with Gasteiger partial charge in [-0.3, -0.25) is 0 Å². The topological polar surface area (TPSA) is 66.6 Å². The third kappa shape index (κ3) is 3.49. The summed E-state index contributed by atoms with van der Waals surface area (Å²) in [5, 5.41) is 0. The number of hydrogen-bond acceptors (Lipinski definition) is 3. The molecule has 5 rings (SSSR count). The summed E-state index contributed by atoms with van der Waals surface area (Å²) in [7, 11) is 1.67. The highest BCUT2D eigenvalue weighted by Gasteiger charge is 2.08. The predicted octanol–water partition coefficient (Wildman–Crippen LogP) is 5.80. The summed E-state index contributed by atoms with van der Waals surface area (Å²) in [6.45, 7) is 0. The van der Waals surface area contributed by atoms with Crippen molar-refractivity contribution < 1.29 is 4.74 Å². The van der Waals surface area contributed by atoms with Crippen LogP contribution >= 0.6 is 0 Å². The van der Waals surface area contributed by atoms with E-state index in [9.17, 15) is 0 Å². The lowest BCUT2D eigenvalue weighted by Crippen LogP contribution is -1.90. The first-order valence-electron chi connectivity index (χ1n) is 9.71. The molecule has 0 unspecified atom stereocenters. The molecule has 0 aliphatic rings. The average molecular weight is 392 g/mol. The van der Waals surface area contributed by atoms with Gasteiger partial charge in [-0.15, -0.1) is 0 Å². The summed E-state index contributed by atoms with van der Waals surface area (Å²) in [5.41, 5.74) is 6.15. The Morgan fingerprint density at radius 2 is 1.73 bits per heavy atom. The molecule has 0 radical (unpaired) electrons. The SMILES string of the molecule is COc1cc(/C=C/c2cccc(-c3nc4ccccc4[nH]3)c2)ccc1-c1ncc[nH]1. The van der Waals surface area contributed by atoms with Crippen molar-refractivity contribution in [1.29, 1.82) is 0 Å². The van der Waals surface area contributed by atoms with Crippen molar-refractivity contribution >= 4 is 23.2 Å². The number of para-hydroxylation sites is 2. The van der Waals surface area contributed by atoms with Crippen molar-refractivity contribution in [3.63, 3.8) is 0 Å². The number of methoxy groups -OCH3 is 1. The average Bonchev–Trinajstić information content (AvgIpc) is 3.48. The van der Waals surface area contributed by atoms with E-state index in [-0.39, 0.29) is 0 Å². The molecule has 0 aliphatic carbocycles. The number of benzene rings is 3. The Balaban J connectivity index is 1.42. The van der Waals surface area contributed by atoms with E-state index in [2.05, 4.69) is 51.4 Å². The summed E-state index contributed by atoms with van der Waals surface area (Å²) in [6.07, 6.45) is 7.70. The molecular weight excluding hydrogens is 372 g/mol. The molecule has 0 aliphatic heterocycles. The number of rotatable bonds is 5. The van der Waals surface area contributed by atoms with Crippen LogP contribution in [0.4, 0.5) is 0 Å². The highest BCUT2D eigenvalue weighted by Crippen LogP contribution is 2.29. The van der Waals surface area contributed by atoms with Crippen molar-refractivity contribution in [3.05, 3.63) is 90.3 Å². The van der Waals surface area contributed by atoms with Crippen LogP contribution in [-0.2, 0) is 0 Å². The molecule has 0 bridgehead atoms. The summed E-state index contributed by atoms with van der Waals surface area (Å²) in [6, 6.07) is 22.5. The summed E-state index contributed by atoms with van der Waals surface area (Å²) >= 11 is 0. The van der Waals surface area contributed by atoms with E-state index >= 15 is 0 Å². The zero-order chi connectivity index (χ0) is 20.3. The second-order valence-corrected chi connectivity index (χ2v) is 6.96. The maximum absolute atomic E-state index is 5.56. The maximum atomic E-state index is 5.56. The highest BCUT2D eigenvalue weighted by molar-refractivity contribution is 5.80. The Morgan fingerprint density at radius 1 is 0.867 bits per heavy atom. The number of aromatic amines is 2. The van der Waals surface area contributed by atoms with Gasteiger partial charge in [0.05, 0.1) is 23.7 Å². The third-order valence-electron chi connectivity index (χ3n) is 5.00. The van der Waals surface area contributed by atoms with E-state index in [0.717, 1.165) is 50.7 Å². The number of aromatic nitrogens is 4. The molecule has 2 heterocycles. The van der Waals surface area contributed by atoms with Crippen LogP contribution in [0.3, 0.4) is 0 Å².